The maximum Gasteiger partial charge on any atom is 0.0605 e. The molecule has 0 aromatic carbocycles. The molecule has 0 bridgehead atoms. The zero-order valence-corrected chi connectivity index (χ0v) is 11.8. The lowest BCUT2D eigenvalue weighted by Gasteiger charge is -2.59. The van der Waals surface area contributed by atoms with Crippen molar-refractivity contribution in [3.05, 3.63) is 0 Å². The van der Waals surface area contributed by atoms with Crippen molar-refractivity contribution < 1.29 is 4.74 Å². The summed E-state index contributed by atoms with van der Waals surface area (Å²) in [6.07, 6.45) is 14.2. The van der Waals surface area contributed by atoms with Crippen molar-refractivity contribution in [2.24, 2.45) is 35.5 Å². The van der Waals surface area contributed by atoms with E-state index >= 15 is 0 Å². The van der Waals surface area contributed by atoms with Crippen LogP contribution in [-0.2, 0) is 4.74 Å². The highest BCUT2D eigenvalue weighted by Gasteiger charge is 2.54. The standard InChI is InChI=1S/C17H28O/c1-18-15-10-13-6-2-4-11-8-9-12-5-3-7-14(15)17(12)16(11)13/h11-17H,2-10H2,1H3. The van der Waals surface area contributed by atoms with E-state index in [2.05, 4.69) is 0 Å². The molecule has 4 aliphatic carbocycles. The van der Waals surface area contributed by atoms with Gasteiger partial charge in [0.05, 0.1) is 6.10 Å². The van der Waals surface area contributed by atoms with Crippen LogP contribution < -0.4 is 0 Å². The molecule has 4 saturated carbocycles. The number of hydrogen-bond acceptors (Lipinski definition) is 1. The monoisotopic (exact) mass is 248 g/mol. The Morgan fingerprint density at radius 2 is 1.39 bits per heavy atom. The summed E-state index contributed by atoms with van der Waals surface area (Å²) in [6, 6.07) is 0. The Morgan fingerprint density at radius 1 is 0.722 bits per heavy atom. The molecule has 0 N–H and O–H groups in total. The van der Waals surface area contributed by atoms with Gasteiger partial charge < -0.3 is 4.74 Å². The molecule has 0 spiro atoms. The van der Waals surface area contributed by atoms with Crippen LogP contribution in [0.25, 0.3) is 0 Å². The molecule has 4 aliphatic rings. The predicted molar refractivity (Wildman–Crippen MR) is 73.3 cm³/mol. The smallest absolute Gasteiger partial charge is 0.0605 e. The van der Waals surface area contributed by atoms with Crippen LogP contribution in [0.1, 0.15) is 57.8 Å². The zero-order valence-electron chi connectivity index (χ0n) is 11.8. The maximum atomic E-state index is 5.92. The van der Waals surface area contributed by atoms with Gasteiger partial charge in [0.1, 0.15) is 0 Å². The van der Waals surface area contributed by atoms with Crippen LogP contribution in [-0.4, -0.2) is 13.2 Å². The molecular weight excluding hydrogens is 220 g/mol. The zero-order chi connectivity index (χ0) is 12.1. The summed E-state index contributed by atoms with van der Waals surface area (Å²) in [5.74, 6) is 6.29. The average molecular weight is 248 g/mol. The molecule has 4 rings (SSSR count). The highest BCUT2D eigenvalue weighted by molar-refractivity contribution is 5.03. The normalized spacial score (nSPS) is 54.8. The van der Waals surface area contributed by atoms with Gasteiger partial charge >= 0.3 is 0 Å². The second kappa shape index (κ2) is 4.51. The Kier molecular flexibility index (Phi) is 2.94. The minimum absolute atomic E-state index is 0.607. The van der Waals surface area contributed by atoms with Crippen LogP contribution in [0, 0.1) is 35.5 Å². The van der Waals surface area contributed by atoms with Crippen LogP contribution in [0.2, 0.25) is 0 Å². The average Bonchev–Trinajstić information content (AvgIpc) is 2.44. The molecule has 0 saturated heterocycles. The van der Waals surface area contributed by atoms with Crippen molar-refractivity contribution in [3.63, 3.8) is 0 Å². The Hall–Kier alpha value is -0.0400. The molecule has 0 amide bonds. The van der Waals surface area contributed by atoms with Gasteiger partial charge in [0.15, 0.2) is 0 Å². The van der Waals surface area contributed by atoms with Crippen LogP contribution in [0.15, 0.2) is 0 Å². The van der Waals surface area contributed by atoms with Gasteiger partial charge in [0.25, 0.3) is 0 Å². The van der Waals surface area contributed by atoms with Gasteiger partial charge in [0, 0.05) is 7.11 Å². The second-order valence-electron chi connectivity index (χ2n) is 7.55. The van der Waals surface area contributed by atoms with E-state index in [9.17, 15) is 0 Å². The molecule has 1 heteroatoms. The first-order chi connectivity index (χ1) is 8.88. The first kappa shape index (κ1) is 11.8. The van der Waals surface area contributed by atoms with Crippen LogP contribution in [0.5, 0.6) is 0 Å². The summed E-state index contributed by atoms with van der Waals surface area (Å²) in [4.78, 5) is 0. The van der Waals surface area contributed by atoms with E-state index in [0.29, 0.717) is 6.10 Å². The molecule has 0 aromatic heterocycles. The van der Waals surface area contributed by atoms with Gasteiger partial charge in [-0.05, 0) is 61.2 Å². The highest BCUT2D eigenvalue weighted by atomic mass is 16.5. The Bertz CT molecular complexity index is 313. The van der Waals surface area contributed by atoms with Crippen LogP contribution in [0.3, 0.4) is 0 Å². The summed E-state index contributed by atoms with van der Waals surface area (Å²) in [5.41, 5.74) is 0. The largest absolute Gasteiger partial charge is 0.381 e. The van der Waals surface area contributed by atoms with E-state index in [-0.39, 0.29) is 0 Å². The molecular formula is C17H28O. The quantitative estimate of drug-likeness (QED) is 0.673. The van der Waals surface area contributed by atoms with Crippen molar-refractivity contribution in [2.75, 3.05) is 7.11 Å². The first-order valence-electron chi connectivity index (χ1n) is 8.41. The predicted octanol–water partition coefficient (Wildman–Crippen LogP) is 4.26. The highest BCUT2D eigenvalue weighted by Crippen LogP contribution is 2.60. The summed E-state index contributed by atoms with van der Waals surface area (Å²) in [6.45, 7) is 0. The number of ether oxygens (including phenoxy) is 1. The van der Waals surface area contributed by atoms with Gasteiger partial charge in [0.2, 0.25) is 0 Å². The summed E-state index contributed by atoms with van der Waals surface area (Å²) in [5, 5.41) is 0. The molecule has 4 fully saturated rings. The van der Waals surface area contributed by atoms with E-state index in [0.717, 1.165) is 35.5 Å². The van der Waals surface area contributed by atoms with Crippen molar-refractivity contribution in [1.82, 2.24) is 0 Å². The number of hydrogen-bond donors (Lipinski definition) is 0. The Labute approximate surface area is 112 Å². The molecule has 7 atom stereocenters. The minimum Gasteiger partial charge on any atom is -0.381 e. The minimum atomic E-state index is 0.607. The lowest BCUT2D eigenvalue weighted by Crippen LogP contribution is -2.54. The van der Waals surface area contributed by atoms with E-state index in [4.69, 9.17) is 4.74 Å². The fourth-order valence-electron chi connectivity index (χ4n) is 6.55. The van der Waals surface area contributed by atoms with E-state index in [1.165, 1.54) is 38.5 Å². The Balaban J connectivity index is 1.68. The van der Waals surface area contributed by atoms with Crippen LogP contribution in [0.4, 0.5) is 0 Å². The fourth-order valence-corrected chi connectivity index (χ4v) is 6.55. The fraction of sp³-hybridized carbons (Fsp3) is 1.00. The number of methoxy groups -OCH3 is 1. The third-order valence-electron chi connectivity index (χ3n) is 7.06. The number of rotatable bonds is 1. The van der Waals surface area contributed by atoms with Crippen molar-refractivity contribution in [3.8, 4) is 0 Å². The van der Waals surface area contributed by atoms with E-state index in [1.54, 1.807) is 19.3 Å². The molecule has 18 heavy (non-hydrogen) atoms. The summed E-state index contributed by atoms with van der Waals surface area (Å²) >= 11 is 0. The lowest BCUT2D eigenvalue weighted by atomic mass is 9.47. The molecule has 102 valence electrons. The topological polar surface area (TPSA) is 9.23 Å². The molecule has 0 aromatic rings. The molecule has 0 heterocycles. The third-order valence-corrected chi connectivity index (χ3v) is 7.06. The van der Waals surface area contributed by atoms with Gasteiger partial charge in [-0.15, -0.1) is 0 Å². The molecule has 1 nitrogen and oxygen atoms in total. The van der Waals surface area contributed by atoms with Crippen molar-refractivity contribution in [2.45, 2.75) is 63.9 Å². The van der Waals surface area contributed by atoms with Crippen LogP contribution >= 0.6 is 0 Å². The Morgan fingerprint density at radius 3 is 2.17 bits per heavy atom. The maximum absolute atomic E-state index is 5.92. The van der Waals surface area contributed by atoms with Gasteiger partial charge in [-0.1, -0.05) is 32.1 Å². The molecule has 0 aliphatic heterocycles. The lowest BCUT2D eigenvalue weighted by molar-refractivity contribution is -0.138. The summed E-state index contributed by atoms with van der Waals surface area (Å²) < 4.78 is 5.92. The van der Waals surface area contributed by atoms with Gasteiger partial charge in [-0.25, -0.2) is 0 Å². The second-order valence-corrected chi connectivity index (χ2v) is 7.55. The van der Waals surface area contributed by atoms with Crippen molar-refractivity contribution >= 4 is 0 Å². The van der Waals surface area contributed by atoms with Gasteiger partial charge in [-0.2, -0.15) is 0 Å². The van der Waals surface area contributed by atoms with Gasteiger partial charge in [-0.3, -0.25) is 0 Å². The summed E-state index contributed by atoms with van der Waals surface area (Å²) in [7, 11) is 1.97. The SMILES string of the molecule is COC1CC2CCCC3CCC4CCCC1C4C32. The van der Waals surface area contributed by atoms with Crippen molar-refractivity contribution in [1.29, 1.82) is 0 Å². The first-order valence-corrected chi connectivity index (χ1v) is 8.41. The van der Waals surface area contributed by atoms with E-state index in [1.807, 2.05) is 7.11 Å². The van der Waals surface area contributed by atoms with E-state index < -0.39 is 0 Å². The molecule has 0 radical (unpaired) electrons. The molecule has 7 unspecified atom stereocenters. The third kappa shape index (κ3) is 1.62.